The number of ketones is 1. The van der Waals surface area contributed by atoms with E-state index in [4.69, 9.17) is 18.9 Å². The molecule has 0 atom stereocenters. The molecule has 156 valence electrons. The van der Waals surface area contributed by atoms with Crippen LogP contribution in [-0.4, -0.2) is 20.0 Å². The number of hydrogen-bond acceptors (Lipinski definition) is 5. The lowest BCUT2D eigenvalue weighted by Crippen LogP contribution is -1.98. The standard InChI is InChI=1S/C26H22O5/c1-4-17-5-7-18(8-6-17)16-30-20-10-11-21-23(15-20)31-25(26(21)27)14-19-9-12-22(28-2)24(13-19)29-3/h4-15H,1,16H2,2-3H3/b25-14+. The van der Waals surface area contributed by atoms with Crippen LogP contribution in [0.1, 0.15) is 27.0 Å². The van der Waals surface area contributed by atoms with Gasteiger partial charge in [-0.25, -0.2) is 0 Å². The third-order valence-corrected chi connectivity index (χ3v) is 4.97. The SMILES string of the molecule is C=Cc1ccc(COc2ccc3c(c2)O/C(=C/c2ccc(OC)c(OC)c2)C3=O)cc1. The van der Waals surface area contributed by atoms with E-state index < -0.39 is 0 Å². The fourth-order valence-electron chi connectivity index (χ4n) is 3.27. The molecule has 0 aromatic heterocycles. The predicted octanol–water partition coefficient (Wildman–Crippen LogP) is 5.54. The number of hydrogen-bond donors (Lipinski definition) is 0. The Hall–Kier alpha value is -3.99. The van der Waals surface area contributed by atoms with Crippen molar-refractivity contribution in [3.8, 4) is 23.0 Å². The molecule has 0 N–H and O–H groups in total. The van der Waals surface area contributed by atoms with Gasteiger partial charge in [0.05, 0.1) is 19.8 Å². The van der Waals surface area contributed by atoms with Crippen molar-refractivity contribution in [2.24, 2.45) is 0 Å². The van der Waals surface area contributed by atoms with Gasteiger partial charge in [0.1, 0.15) is 18.1 Å². The molecule has 1 aliphatic rings. The maximum Gasteiger partial charge on any atom is 0.231 e. The van der Waals surface area contributed by atoms with Gasteiger partial charge in [0.15, 0.2) is 17.3 Å². The van der Waals surface area contributed by atoms with Gasteiger partial charge in [-0.2, -0.15) is 0 Å². The fraction of sp³-hybridized carbons (Fsp3) is 0.115. The molecule has 0 saturated carbocycles. The number of rotatable bonds is 7. The molecule has 3 aromatic carbocycles. The van der Waals surface area contributed by atoms with Crippen LogP contribution in [-0.2, 0) is 6.61 Å². The van der Waals surface area contributed by atoms with Crippen LogP contribution in [0, 0.1) is 0 Å². The molecule has 0 amide bonds. The second kappa shape index (κ2) is 8.79. The minimum atomic E-state index is -0.170. The number of carbonyl (C=O) groups is 1. The number of carbonyl (C=O) groups excluding carboxylic acids is 1. The summed E-state index contributed by atoms with van der Waals surface area (Å²) in [5.74, 6) is 2.39. The Labute approximate surface area is 181 Å². The lowest BCUT2D eigenvalue weighted by Gasteiger charge is -2.08. The Balaban J connectivity index is 1.49. The van der Waals surface area contributed by atoms with Gasteiger partial charge in [-0.1, -0.05) is 43.0 Å². The molecule has 0 radical (unpaired) electrons. The Morgan fingerprint density at radius 2 is 1.65 bits per heavy atom. The van der Waals surface area contributed by atoms with E-state index in [1.807, 2.05) is 30.3 Å². The van der Waals surface area contributed by atoms with Crippen LogP contribution in [0.2, 0.25) is 0 Å². The van der Waals surface area contributed by atoms with Gasteiger partial charge < -0.3 is 18.9 Å². The number of methoxy groups -OCH3 is 2. The second-order valence-corrected chi connectivity index (χ2v) is 6.95. The van der Waals surface area contributed by atoms with E-state index in [2.05, 4.69) is 6.58 Å². The number of fused-ring (bicyclic) bond motifs is 1. The number of Topliss-reactive ketones (excluding diaryl/α,β-unsaturated/α-hetero) is 1. The quantitative estimate of drug-likeness (QED) is 0.475. The topological polar surface area (TPSA) is 54.0 Å². The molecule has 0 saturated heterocycles. The van der Waals surface area contributed by atoms with Crippen LogP contribution in [0.5, 0.6) is 23.0 Å². The summed E-state index contributed by atoms with van der Waals surface area (Å²) >= 11 is 0. The van der Waals surface area contributed by atoms with Crippen molar-refractivity contribution >= 4 is 17.9 Å². The lowest BCUT2D eigenvalue weighted by molar-refractivity contribution is 0.101. The molecule has 5 heteroatoms. The highest BCUT2D eigenvalue weighted by atomic mass is 16.5. The van der Waals surface area contributed by atoms with Crippen molar-refractivity contribution in [3.05, 3.63) is 95.3 Å². The average molecular weight is 414 g/mol. The summed E-state index contributed by atoms with van der Waals surface area (Å²) in [6.45, 7) is 4.17. The van der Waals surface area contributed by atoms with E-state index in [9.17, 15) is 4.79 Å². The van der Waals surface area contributed by atoms with E-state index in [1.165, 1.54) is 0 Å². The Morgan fingerprint density at radius 1 is 0.903 bits per heavy atom. The Kier molecular flexibility index (Phi) is 5.76. The normalized spacial score (nSPS) is 13.5. The molecule has 0 bridgehead atoms. The van der Waals surface area contributed by atoms with Gasteiger partial charge in [0.25, 0.3) is 0 Å². The highest BCUT2D eigenvalue weighted by Gasteiger charge is 2.27. The molecular formula is C26H22O5. The smallest absolute Gasteiger partial charge is 0.231 e. The highest BCUT2D eigenvalue weighted by Crippen LogP contribution is 2.36. The summed E-state index contributed by atoms with van der Waals surface area (Å²) in [5, 5.41) is 0. The van der Waals surface area contributed by atoms with E-state index in [-0.39, 0.29) is 11.5 Å². The molecule has 4 rings (SSSR count). The second-order valence-electron chi connectivity index (χ2n) is 6.95. The van der Waals surface area contributed by atoms with Crippen molar-refractivity contribution in [1.82, 2.24) is 0 Å². The molecule has 31 heavy (non-hydrogen) atoms. The van der Waals surface area contributed by atoms with Crippen LogP contribution < -0.4 is 18.9 Å². The highest BCUT2D eigenvalue weighted by molar-refractivity contribution is 6.14. The third kappa shape index (κ3) is 4.31. The number of ether oxygens (including phenoxy) is 4. The molecule has 0 spiro atoms. The lowest BCUT2D eigenvalue weighted by atomic mass is 10.1. The summed E-state index contributed by atoms with van der Waals surface area (Å²) in [4.78, 5) is 12.7. The van der Waals surface area contributed by atoms with Crippen LogP contribution in [0.15, 0.2) is 73.0 Å². The molecule has 0 fully saturated rings. The monoisotopic (exact) mass is 414 g/mol. The summed E-state index contributed by atoms with van der Waals surface area (Å²) in [6.07, 6.45) is 3.48. The summed E-state index contributed by atoms with van der Waals surface area (Å²) in [6, 6.07) is 18.6. The first-order valence-corrected chi connectivity index (χ1v) is 9.76. The molecular weight excluding hydrogens is 392 g/mol. The van der Waals surface area contributed by atoms with Crippen molar-refractivity contribution in [2.75, 3.05) is 14.2 Å². The molecule has 0 aliphatic carbocycles. The number of allylic oxidation sites excluding steroid dienone is 1. The maximum absolute atomic E-state index is 12.7. The summed E-state index contributed by atoms with van der Waals surface area (Å²) < 4.78 is 22.3. The van der Waals surface area contributed by atoms with Gasteiger partial charge in [0, 0.05) is 6.07 Å². The first kappa shape index (κ1) is 20.3. The van der Waals surface area contributed by atoms with Gasteiger partial charge in [-0.05, 0) is 47.0 Å². The Morgan fingerprint density at radius 3 is 2.35 bits per heavy atom. The third-order valence-electron chi connectivity index (χ3n) is 4.97. The molecule has 3 aromatic rings. The zero-order valence-corrected chi connectivity index (χ0v) is 17.4. The Bertz CT molecular complexity index is 1160. The van der Waals surface area contributed by atoms with Gasteiger partial charge >= 0.3 is 0 Å². The minimum Gasteiger partial charge on any atom is -0.493 e. The van der Waals surface area contributed by atoms with E-state index in [1.54, 1.807) is 56.7 Å². The number of benzene rings is 3. The molecule has 1 heterocycles. The average Bonchev–Trinajstić information content (AvgIpc) is 3.12. The first-order chi connectivity index (χ1) is 15.1. The van der Waals surface area contributed by atoms with Crippen molar-refractivity contribution in [2.45, 2.75) is 6.61 Å². The van der Waals surface area contributed by atoms with Gasteiger partial charge in [0.2, 0.25) is 5.78 Å². The van der Waals surface area contributed by atoms with Crippen LogP contribution in [0.3, 0.4) is 0 Å². The maximum atomic E-state index is 12.7. The van der Waals surface area contributed by atoms with Crippen LogP contribution in [0.25, 0.3) is 12.2 Å². The largest absolute Gasteiger partial charge is 0.493 e. The van der Waals surface area contributed by atoms with Crippen molar-refractivity contribution < 1.29 is 23.7 Å². The minimum absolute atomic E-state index is 0.170. The van der Waals surface area contributed by atoms with Crippen LogP contribution in [0.4, 0.5) is 0 Å². The van der Waals surface area contributed by atoms with Crippen molar-refractivity contribution in [3.63, 3.8) is 0 Å². The van der Waals surface area contributed by atoms with Gasteiger partial charge in [-0.15, -0.1) is 0 Å². The fourth-order valence-corrected chi connectivity index (χ4v) is 3.27. The van der Waals surface area contributed by atoms with E-state index in [0.29, 0.717) is 35.2 Å². The van der Waals surface area contributed by atoms with Crippen molar-refractivity contribution in [1.29, 1.82) is 0 Å². The van der Waals surface area contributed by atoms with E-state index >= 15 is 0 Å². The first-order valence-electron chi connectivity index (χ1n) is 9.76. The molecule has 1 aliphatic heterocycles. The zero-order chi connectivity index (χ0) is 21.8. The van der Waals surface area contributed by atoms with E-state index in [0.717, 1.165) is 16.7 Å². The molecule has 0 unspecified atom stereocenters. The predicted molar refractivity (Wildman–Crippen MR) is 120 cm³/mol. The van der Waals surface area contributed by atoms with Gasteiger partial charge in [-0.3, -0.25) is 4.79 Å². The zero-order valence-electron chi connectivity index (χ0n) is 17.4. The summed E-state index contributed by atoms with van der Waals surface area (Å²) in [7, 11) is 3.14. The van der Waals surface area contributed by atoms with Crippen LogP contribution >= 0.6 is 0 Å². The molecule has 5 nitrogen and oxygen atoms in total. The summed E-state index contributed by atoms with van der Waals surface area (Å²) in [5.41, 5.74) is 3.38.